The van der Waals surface area contributed by atoms with Crippen LogP contribution in [0.4, 0.5) is 0 Å². The summed E-state index contributed by atoms with van der Waals surface area (Å²) in [7, 11) is 0. The Kier molecular flexibility index (Phi) is 3.88. The number of hydrogen-bond donors (Lipinski definition) is 4. The van der Waals surface area contributed by atoms with E-state index >= 15 is 0 Å². The first-order valence-corrected chi connectivity index (χ1v) is 4.55. The zero-order chi connectivity index (χ0) is 10.7. The summed E-state index contributed by atoms with van der Waals surface area (Å²) in [5.41, 5.74) is 0. The van der Waals surface area contributed by atoms with Crippen molar-refractivity contribution in [3.8, 4) is 0 Å². The van der Waals surface area contributed by atoms with Gasteiger partial charge in [0.05, 0.1) is 24.9 Å². The summed E-state index contributed by atoms with van der Waals surface area (Å²) in [4.78, 5) is 0. The molecule has 1 aliphatic heterocycles. The smallest absolute Gasteiger partial charge is 0.178 e. The van der Waals surface area contributed by atoms with Crippen LogP contribution in [0, 0.1) is 11.8 Å². The van der Waals surface area contributed by atoms with E-state index < -0.39 is 18.3 Å². The maximum atomic E-state index is 9.54. The Morgan fingerprint density at radius 3 is 2.57 bits per heavy atom. The lowest BCUT2D eigenvalue weighted by Gasteiger charge is -2.21. The lowest BCUT2D eigenvalue weighted by Crippen LogP contribution is -2.36. The van der Waals surface area contributed by atoms with Crippen LogP contribution in [0.5, 0.6) is 0 Å². The third-order valence-corrected chi connectivity index (χ3v) is 2.23. The summed E-state index contributed by atoms with van der Waals surface area (Å²) >= 11 is 0. The Balaban J connectivity index is 2.72. The van der Waals surface area contributed by atoms with Gasteiger partial charge in [0.25, 0.3) is 0 Å². The Labute approximate surface area is 82.3 Å². The molecule has 82 valence electrons. The fourth-order valence-corrected chi connectivity index (χ4v) is 1.41. The van der Waals surface area contributed by atoms with Crippen molar-refractivity contribution in [1.82, 2.24) is 0 Å². The summed E-state index contributed by atoms with van der Waals surface area (Å²) < 4.78 is 5.17. The molecule has 0 radical (unpaired) electrons. The molecule has 0 bridgehead atoms. The van der Waals surface area contributed by atoms with Crippen molar-refractivity contribution in [2.75, 3.05) is 13.2 Å². The second kappa shape index (κ2) is 4.75. The summed E-state index contributed by atoms with van der Waals surface area (Å²) in [6.07, 6.45) is -1.73. The summed E-state index contributed by atoms with van der Waals surface area (Å²) in [5, 5.41) is 36.4. The molecule has 0 amide bonds. The zero-order valence-electron chi connectivity index (χ0n) is 8.00. The Morgan fingerprint density at radius 1 is 1.36 bits per heavy atom. The number of rotatable bonds is 2. The third-order valence-electron chi connectivity index (χ3n) is 2.23. The van der Waals surface area contributed by atoms with Crippen molar-refractivity contribution in [2.45, 2.75) is 19.3 Å². The molecule has 0 aliphatic carbocycles. The molecule has 0 fully saturated rings. The average Bonchev–Trinajstić information content (AvgIpc) is 2.25. The van der Waals surface area contributed by atoms with Crippen LogP contribution >= 0.6 is 0 Å². The lowest BCUT2D eigenvalue weighted by atomic mass is 9.99. The van der Waals surface area contributed by atoms with Crippen LogP contribution in [0.2, 0.25) is 0 Å². The van der Waals surface area contributed by atoms with Crippen molar-refractivity contribution >= 4 is 0 Å². The van der Waals surface area contributed by atoms with Crippen molar-refractivity contribution in [3.63, 3.8) is 0 Å². The van der Waals surface area contributed by atoms with Gasteiger partial charge in [-0.25, -0.2) is 0 Å². The Hall–Kier alpha value is -0.620. The highest BCUT2D eigenvalue weighted by Crippen LogP contribution is 2.21. The van der Waals surface area contributed by atoms with Gasteiger partial charge < -0.3 is 25.2 Å². The highest BCUT2D eigenvalue weighted by molar-refractivity contribution is 5.04. The fraction of sp³-hybridized carbons (Fsp3) is 0.778. The van der Waals surface area contributed by atoms with E-state index in [1.807, 2.05) is 6.92 Å². The SMILES string of the molecule is CC1C=C(O)C(C(O)C(O)O)COC1. The maximum absolute atomic E-state index is 9.54. The summed E-state index contributed by atoms with van der Waals surface area (Å²) in [6, 6.07) is 0. The number of hydrogen-bond acceptors (Lipinski definition) is 5. The van der Waals surface area contributed by atoms with Crippen LogP contribution < -0.4 is 0 Å². The Morgan fingerprint density at radius 2 is 2.00 bits per heavy atom. The zero-order valence-corrected chi connectivity index (χ0v) is 8.00. The Bertz CT molecular complexity index is 213. The van der Waals surface area contributed by atoms with E-state index in [1.165, 1.54) is 0 Å². The molecule has 0 aromatic heterocycles. The number of ether oxygens (including phenoxy) is 1. The van der Waals surface area contributed by atoms with Crippen LogP contribution in [-0.2, 0) is 4.74 Å². The summed E-state index contributed by atoms with van der Waals surface area (Å²) in [5.74, 6) is -0.751. The molecule has 0 saturated carbocycles. The van der Waals surface area contributed by atoms with Crippen molar-refractivity contribution in [3.05, 3.63) is 11.8 Å². The van der Waals surface area contributed by atoms with Crippen molar-refractivity contribution < 1.29 is 25.2 Å². The van der Waals surface area contributed by atoms with Gasteiger partial charge in [-0.1, -0.05) is 6.92 Å². The average molecular weight is 204 g/mol. The number of aliphatic hydroxyl groups excluding tert-OH is 3. The molecule has 0 aromatic rings. The topological polar surface area (TPSA) is 90.2 Å². The van der Waals surface area contributed by atoms with Gasteiger partial charge in [0.2, 0.25) is 0 Å². The van der Waals surface area contributed by atoms with E-state index in [9.17, 15) is 10.2 Å². The quantitative estimate of drug-likeness (QED) is 0.450. The lowest BCUT2D eigenvalue weighted by molar-refractivity contribution is -0.146. The van der Waals surface area contributed by atoms with E-state index in [0.29, 0.717) is 6.61 Å². The van der Waals surface area contributed by atoms with Gasteiger partial charge in [0.15, 0.2) is 6.29 Å². The van der Waals surface area contributed by atoms with E-state index in [-0.39, 0.29) is 18.3 Å². The molecule has 0 aromatic carbocycles. The van der Waals surface area contributed by atoms with Gasteiger partial charge in [0.1, 0.15) is 6.10 Å². The molecule has 3 atom stereocenters. The first-order chi connectivity index (χ1) is 6.52. The van der Waals surface area contributed by atoms with E-state index in [2.05, 4.69) is 0 Å². The fourth-order valence-electron chi connectivity index (χ4n) is 1.41. The number of aliphatic hydroxyl groups is 4. The van der Waals surface area contributed by atoms with Crippen LogP contribution in [-0.4, -0.2) is 46.0 Å². The highest BCUT2D eigenvalue weighted by atomic mass is 16.5. The van der Waals surface area contributed by atoms with Crippen LogP contribution in [0.1, 0.15) is 6.92 Å². The first kappa shape index (κ1) is 11.5. The minimum Gasteiger partial charge on any atom is -0.512 e. The predicted molar refractivity (Wildman–Crippen MR) is 48.4 cm³/mol. The van der Waals surface area contributed by atoms with Crippen LogP contribution in [0.3, 0.4) is 0 Å². The second-order valence-electron chi connectivity index (χ2n) is 3.62. The van der Waals surface area contributed by atoms with Crippen molar-refractivity contribution in [1.29, 1.82) is 0 Å². The molecule has 5 nitrogen and oxygen atoms in total. The first-order valence-electron chi connectivity index (χ1n) is 4.55. The third kappa shape index (κ3) is 2.68. The van der Waals surface area contributed by atoms with Gasteiger partial charge in [-0.15, -0.1) is 0 Å². The van der Waals surface area contributed by atoms with Gasteiger partial charge in [-0.2, -0.15) is 0 Å². The maximum Gasteiger partial charge on any atom is 0.178 e. The van der Waals surface area contributed by atoms with Crippen molar-refractivity contribution in [2.24, 2.45) is 11.8 Å². The van der Waals surface area contributed by atoms with Gasteiger partial charge >= 0.3 is 0 Å². The standard InChI is InChI=1S/C9H16O5/c1-5-2-7(10)6(4-14-3-5)8(11)9(12)13/h2,5-6,8-13H,3-4H2,1H3. The molecule has 14 heavy (non-hydrogen) atoms. The normalized spacial score (nSPS) is 31.1. The molecular weight excluding hydrogens is 188 g/mol. The van der Waals surface area contributed by atoms with E-state index in [1.54, 1.807) is 6.08 Å². The predicted octanol–water partition coefficient (Wildman–Crippen LogP) is -0.618. The minimum absolute atomic E-state index is 0.0457. The molecular formula is C9H16O5. The molecule has 0 spiro atoms. The molecule has 0 saturated heterocycles. The molecule has 1 heterocycles. The largest absolute Gasteiger partial charge is 0.512 e. The van der Waals surface area contributed by atoms with Gasteiger partial charge in [-0.05, 0) is 6.08 Å². The van der Waals surface area contributed by atoms with Gasteiger partial charge in [-0.3, -0.25) is 0 Å². The summed E-state index contributed by atoms with van der Waals surface area (Å²) in [6.45, 7) is 2.40. The molecule has 1 aliphatic rings. The van der Waals surface area contributed by atoms with Crippen LogP contribution in [0.15, 0.2) is 11.8 Å². The minimum atomic E-state index is -1.87. The van der Waals surface area contributed by atoms with Gasteiger partial charge in [0, 0.05) is 5.92 Å². The van der Waals surface area contributed by atoms with E-state index in [4.69, 9.17) is 14.9 Å². The van der Waals surface area contributed by atoms with E-state index in [0.717, 1.165) is 0 Å². The van der Waals surface area contributed by atoms with Crippen LogP contribution in [0.25, 0.3) is 0 Å². The monoisotopic (exact) mass is 204 g/mol. The molecule has 4 N–H and O–H groups in total. The molecule has 1 rings (SSSR count). The second-order valence-corrected chi connectivity index (χ2v) is 3.62. The molecule has 5 heteroatoms. The molecule has 3 unspecified atom stereocenters. The highest BCUT2D eigenvalue weighted by Gasteiger charge is 2.30.